The maximum atomic E-state index is 4.10. The molecular formula is C10H9BrN2S. The van der Waals surface area contributed by atoms with Crippen LogP contribution in [0.15, 0.2) is 22.1 Å². The quantitative estimate of drug-likeness (QED) is 0.790. The van der Waals surface area contributed by atoms with E-state index in [1.165, 1.54) is 16.7 Å². The van der Waals surface area contributed by atoms with Crippen LogP contribution in [0.5, 0.6) is 0 Å². The lowest BCUT2D eigenvalue weighted by molar-refractivity contribution is 1.07. The van der Waals surface area contributed by atoms with Crippen LogP contribution in [-0.4, -0.2) is 10.2 Å². The minimum Gasteiger partial charge on any atom is -0.137 e. The standard InChI is InChI=1S/C10H9BrN2S/c1-6-3-4-8(7(2)5-6)9-12-13-10(11)14-9/h3-5H,1-2H3. The number of aryl methyl sites for hydroxylation is 2. The summed E-state index contributed by atoms with van der Waals surface area (Å²) < 4.78 is 0.826. The summed E-state index contributed by atoms with van der Waals surface area (Å²) in [5.74, 6) is 0. The molecule has 0 bridgehead atoms. The van der Waals surface area contributed by atoms with Crippen molar-refractivity contribution in [3.8, 4) is 10.6 Å². The molecule has 2 nitrogen and oxygen atoms in total. The van der Waals surface area contributed by atoms with Crippen molar-refractivity contribution in [1.29, 1.82) is 0 Å². The Labute approximate surface area is 95.1 Å². The second-order valence-electron chi connectivity index (χ2n) is 3.18. The Morgan fingerprint density at radius 2 is 2.00 bits per heavy atom. The molecule has 4 heteroatoms. The third-order valence-electron chi connectivity index (χ3n) is 2.01. The lowest BCUT2D eigenvalue weighted by Gasteiger charge is -2.01. The van der Waals surface area contributed by atoms with Crippen LogP contribution < -0.4 is 0 Å². The van der Waals surface area contributed by atoms with Crippen molar-refractivity contribution >= 4 is 27.3 Å². The highest BCUT2D eigenvalue weighted by molar-refractivity contribution is 9.11. The minimum absolute atomic E-state index is 0.826. The van der Waals surface area contributed by atoms with E-state index in [0.717, 1.165) is 8.92 Å². The van der Waals surface area contributed by atoms with E-state index in [2.05, 4.69) is 58.2 Å². The fraction of sp³-hybridized carbons (Fsp3) is 0.200. The molecule has 0 radical (unpaired) electrons. The molecule has 0 amide bonds. The summed E-state index contributed by atoms with van der Waals surface area (Å²) in [6, 6.07) is 6.35. The molecule has 0 aliphatic carbocycles. The molecule has 0 aliphatic heterocycles. The van der Waals surface area contributed by atoms with Crippen LogP contribution in [0.4, 0.5) is 0 Å². The molecule has 0 N–H and O–H groups in total. The molecule has 2 rings (SSSR count). The number of hydrogen-bond donors (Lipinski definition) is 0. The van der Waals surface area contributed by atoms with Gasteiger partial charge in [0.05, 0.1) is 0 Å². The summed E-state index contributed by atoms with van der Waals surface area (Å²) in [7, 11) is 0. The van der Waals surface area contributed by atoms with Crippen LogP contribution in [0, 0.1) is 13.8 Å². The Morgan fingerprint density at radius 1 is 1.21 bits per heavy atom. The number of rotatable bonds is 1. The lowest BCUT2D eigenvalue weighted by Crippen LogP contribution is -1.83. The van der Waals surface area contributed by atoms with Crippen LogP contribution >= 0.6 is 27.3 Å². The zero-order valence-corrected chi connectivity index (χ0v) is 10.3. The highest BCUT2D eigenvalue weighted by atomic mass is 79.9. The van der Waals surface area contributed by atoms with Crippen LogP contribution in [0.25, 0.3) is 10.6 Å². The van der Waals surface area contributed by atoms with Gasteiger partial charge in [0.2, 0.25) is 0 Å². The molecule has 0 unspecified atom stereocenters. The van der Waals surface area contributed by atoms with Gasteiger partial charge in [-0.3, -0.25) is 0 Å². The van der Waals surface area contributed by atoms with Crippen molar-refractivity contribution in [3.63, 3.8) is 0 Å². The van der Waals surface area contributed by atoms with Gasteiger partial charge >= 0.3 is 0 Å². The number of hydrogen-bond acceptors (Lipinski definition) is 3. The molecular weight excluding hydrogens is 260 g/mol. The number of nitrogens with zero attached hydrogens (tertiary/aromatic N) is 2. The van der Waals surface area contributed by atoms with E-state index in [9.17, 15) is 0 Å². The van der Waals surface area contributed by atoms with E-state index in [-0.39, 0.29) is 0 Å². The number of aromatic nitrogens is 2. The average molecular weight is 269 g/mol. The Hall–Kier alpha value is -0.740. The van der Waals surface area contributed by atoms with Crippen molar-refractivity contribution in [2.24, 2.45) is 0 Å². The average Bonchev–Trinajstić information content (AvgIpc) is 2.51. The van der Waals surface area contributed by atoms with E-state index >= 15 is 0 Å². The van der Waals surface area contributed by atoms with Crippen LogP contribution in [0.2, 0.25) is 0 Å². The first-order valence-electron chi connectivity index (χ1n) is 4.23. The van der Waals surface area contributed by atoms with Crippen molar-refractivity contribution in [1.82, 2.24) is 10.2 Å². The van der Waals surface area contributed by atoms with Gasteiger partial charge in [-0.2, -0.15) is 0 Å². The molecule has 1 aromatic heterocycles. The largest absolute Gasteiger partial charge is 0.183 e. The zero-order chi connectivity index (χ0) is 10.1. The van der Waals surface area contributed by atoms with Gasteiger partial charge in [-0.05, 0) is 35.3 Å². The Balaban J connectivity index is 2.52. The Bertz CT molecular complexity index is 465. The Kier molecular flexibility index (Phi) is 2.65. The topological polar surface area (TPSA) is 25.8 Å². The molecule has 72 valence electrons. The van der Waals surface area contributed by atoms with Crippen molar-refractivity contribution < 1.29 is 0 Å². The molecule has 1 aromatic carbocycles. The van der Waals surface area contributed by atoms with Gasteiger partial charge in [0.1, 0.15) is 5.01 Å². The summed E-state index contributed by atoms with van der Waals surface area (Å²) >= 11 is 4.87. The van der Waals surface area contributed by atoms with Crippen molar-refractivity contribution in [3.05, 3.63) is 33.2 Å². The third kappa shape index (κ3) is 1.86. The fourth-order valence-electron chi connectivity index (χ4n) is 1.37. The van der Waals surface area contributed by atoms with Crippen LogP contribution in [-0.2, 0) is 0 Å². The molecule has 0 fully saturated rings. The van der Waals surface area contributed by atoms with Crippen LogP contribution in [0.3, 0.4) is 0 Å². The first-order chi connectivity index (χ1) is 6.66. The van der Waals surface area contributed by atoms with Crippen molar-refractivity contribution in [2.75, 3.05) is 0 Å². The second kappa shape index (κ2) is 3.79. The second-order valence-corrected chi connectivity index (χ2v) is 5.43. The maximum absolute atomic E-state index is 4.10. The summed E-state index contributed by atoms with van der Waals surface area (Å²) in [6.45, 7) is 4.18. The highest BCUT2D eigenvalue weighted by Crippen LogP contribution is 2.29. The smallest absolute Gasteiger partial charge is 0.137 e. The zero-order valence-electron chi connectivity index (χ0n) is 7.91. The first-order valence-corrected chi connectivity index (χ1v) is 5.84. The molecule has 2 aromatic rings. The fourth-order valence-corrected chi connectivity index (χ4v) is 2.57. The molecule has 1 heterocycles. The SMILES string of the molecule is Cc1ccc(-c2nnc(Br)s2)c(C)c1. The Morgan fingerprint density at radius 3 is 2.57 bits per heavy atom. The number of benzene rings is 1. The van der Waals surface area contributed by atoms with Gasteiger partial charge < -0.3 is 0 Å². The lowest BCUT2D eigenvalue weighted by atomic mass is 10.1. The maximum Gasteiger partial charge on any atom is 0.183 e. The molecule has 0 saturated carbocycles. The van der Waals surface area contributed by atoms with E-state index < -0.39 is 0 Å². The molecule has 0 spiro atoms. The number of halogens is 1. The summed E-state index contributed by atoms with van der Waals surface area (Å²) in [4.78, 5) is 0. The predicted octanol–water partition coefficient (Wildman–Crippen LogP) is 3.58. The van der Waals surface area contributed by atoms with Gasteiger partial charge in [-0.15, -0.1) is 10.2 Å². The summed E-state index contributed by atoms with van der Waals surface area (Å²) in [5.41, 5.74) is 3.68. The molecule has 0 saturated heterocycles. The van der Waals surface area contributed by atoms with Gasteiger partial charge in [0.25, 0.3) is 0 Å². The third-order valence-corrected chi connectivity index (χ3v) is 3.40. The van der Waals surface area contributed by atoms with E-state index in [1.807, 2.05) is 0 Å². The van der Waals surface area contributed by atoms with Crippen molar-refractivity contribution in [2.45, 2.75) is 13.8 Å². The van der Waals surface area contributed by atoms with Crippen LogP contribution in [0.1, 0.15) is 11.1 Å². The minimum atomic E-state index is 0.826. The summed E-state index contributed by atoms with van der Waals surface area (Å²) in [6.07, 6.45) is 0. The highest BCUT2D eigenvalue weighted by Gasteiger charge is 2.07. The normalized spacial score (nSPS) is 10.5. The molecule has 0 aliphatic rings. The molecule has 0 atom stereocenters. The first kappa shape index (κ1) is 9.80. The van der Waals surface area contributed by atoms with Gasteiger partial charge in [0, 0.05) is 5.56 Å². The molecule has 14 heavy (non-hydrogen) atoms. The van der Waals surface area contributed by atoms with Gasteiger partial charge in [-0.1, -0.05) is 35.1 Å². The predicted molar refractivity (Wildman–Crippen MR) is 62.5 cm³/mol. The van der Waals surface area contributed by atoms with E-state index in [0.29, 0.717) is 0 Å². The van der Waals surface area contributed by atoms with E-state index in [4.69, 9.17) is 0 Å². The van der Waals surface area contributed by atoms with Gasteiger partial charge in [0.15, 0.2) is 3.92 Å². The van der Waals surface area contributed by atoms with E-state index in [1.54, 1.807) is 11.3 Å². The van der Waals surface area contributed by atoms with Gasteiger partial charge in [-0.25, -0.2) is 0 Å². The summed E-state index contributed by atoms with van der Waals surface area (Å²) in [5, 5.41) is 9.01. The monoisotopic (exact) mass is 268 g/mol.